The van der Waals surface area contributed by atoms with E-state index in [2.05, 4.69) is 4.99 Å². The van der Waals surface area contributed by atoms with Crippen LogP contribution in [0.3, 0.4) is 0 Å². The molecule has 0 N–H and O–H groups in total. The Hall–Kier alpha value is -1.46. The van der Waals surface area contributed by atoms with Crippen LogP contribution in [0.15, 0.2) is 28.1 Å². The number of ether oxygens (including phenoxy) is 1. The Balaban J connectivity index is 2.44. The Morgan fingerprint density at radius 2 is 2.00 bits per heavy atom. The Morgan fingerprint density at radius 3 is 2.57 bits per heavy atom. The molecule has 0 bridgehead atoms. The zero-order chi connectivity index (χ0) is 17.1. The molecule has 0 aliphatic carbocycles. The molecule has 1 fully saturated rings. The van der Waals surface area contributed by atoms with Crippen molar-refractivity contribution in [2.24, 2.45) is 4.99 Å². The number of amides is 1. The van der Waals surface area contributed by atoms with Gasteiger partial charge in [0.15, 0.2) is 5.17 Å². The molecule has 0 aromatic heterocycles. The van der Waals surface area contributed by atoms with Crippen molar-refractivity contribution >= 4 is 40.5 Å². The lowest BCUT2D eigenvalue weighted by molar-refractivity contribution is -0.123. The number of carbonyl (C=O) groups excluding carboxylic acids is 1. The Bertz CT molecular complexity index is 669. The van der Waals surface area contributed by atoms with E-state index >= 15 is 0 Å². The highest BCUT2D eigenvalue weighted by atomic mass is 35.5. The molecule has 1 aliphatic heterocycles. The fourth-order valence-corrected chi connectivity index (χ4v) is 3.62. The first kappa shape index (κ1) is 17.9. The summed E-state index contributed by atoms with van der Waals surface area (Å²) >= 11 is 7.45. The van der Waals surface area contributed by atoms with E-state index in [0.717, 1.165) is 10.7 Å². The number of carbonyl (C=O) groups is 1. The molecule has 4 nitrogen and oxygen atoms in total. The van der Waals surface area contributed by atoms with Crippen molar-refractivity contribution in [3.05, 3.63) is 33.7 Å². The summed E-state index contributed by atoms with van der Waals surface area (Å²) in [7, 11) is 1.60. The number of thioether (sulfide) groups is 1. The first-order valence-electron chi connectivity index (χ1n) is 7.48. The lowest BCUT2D eigenvalue weighted by Crippen LogP contribution is -2.35. The van der Waals surface area contributed by atoms with Gasteiger partial charge in [-0.15, -0.1) is 0 Å². The highest BCUT2D eigenvalue weighted by molar-refractivity contribution is 8.18. The van der Waals surface area contributed by atoms with Crippen LogP contribution in [-0.4, -0.2) is 35.2 Å². The van der Waals surface area contributed by atoms with Crippen LogP contribution in [0.25, 0.3) is 6.08 Å². The third kappa shape index (κ3) is 4.09. The van der Waals surface area contributed by atoms with Crippen molar-refractivity contribution in [2.45, 2.75) is 39.8 Å². The smallest absolute Gasteiger partial charge is 0.266 e. The Kier molecular flexibility index (Phi) is 5.76. The van der Waals surface area contributed by atoms with E-state index in [0.29, 0.717) is 15.7 Å². The molecule has 0 atom stereocenters. The van der Waals surface area contributed by atoms with Crippen molar-refractivity contribution in [3.8, 4) is 5.75 Å². The molecule has 1 aliphatic rings. The number of rotatable bonds is 4. The maximum Gasteiger partial charge on any atom is 0.266 e. The molecule has 0 unspecified atom stereocenters. The predicted molar refractivity (Wildman–Crippen MR) is 98.1 cm³/mol. The van der Waals surface area contributed by atoms with E-state index in [1.165, 1.54) is 11.8 Å². The fourth-order valence-electron chi connectivity index (χ4n) is 2.21. The van der Waals surface area contributed by atoms with Gasteiger partial charge in [-0.05, 0) is 63.7 Å². The molecule has 1 heterocycles. The monoisotopic (exact) mass is 352 g/mol. The number of benzene rings is 1. The third-order valence-corrected chi connectivity index (χ3v) is 4.43. The molecule has 23 heavy (non-hydrogen) atoms. The van der Waals surface area contributed by atoms with Crippen molar-refractivity contribution in [1.82, 2.24) is 4.90 Å². The highest BCUT2D eigenvalue weighted by Crippen LogP contribution is 2.36. The molecule has 1 saturated heterocycles. The number of hydrogen-bond acceptors (Lipinski definition) is 4. The van der Waals surface area contributed by atoms with Crippen LogP contribution in [0.5, 0.6) is 5.75 Å². The van der Waals surface area contributed by atoms with Crippen molar-refractivity contribution in [1.29, 1.82) is 0 Å². The summed E-state index contributed by atoms with van der Waals surface area (Å²) in [4.78, 5) is 19.6. The summed E-state index contributed by atoms with van der Waals surface area (Å²) in [6.45, 7) is 7.96. The van der Waals surface area contributed by atoms with Crippen LogP contribution in [0.4, 0.5) is 0 Å². The van der Waals surface area contributed by atoms with E-state index in [9.17, 15) is 4.79 Å². The molecule has 1 aromatic carbocycles. The van der Waals surface area contributed by atoms with Gasteiger partial charge < -0.3 is 4.74 Å². The second-order valence-corrected chi connectivity index (χ2v) is 7.22. The Labute approximate surface area is 146 Å². The van der Waals surface area contributed by atoms with Crippen LogP contribution in [0.1, 0.15) is 33.3 Å². The van der Waals surface area contributed by atoms with Gasteiger partial charge in [-0.3, -0.25) is 14.7 Å². The van der Waals surface area contributed by atoms with E-state index in [1.54, 1.807) is 30.2 Å². The average Bonchev–Trinajstić information content (AvgIpc) is 2.74. The average molecular weight is 353 g/mol. The lowest BCUT2D eigenvalue weighted by atomic mass is 10.2. The maximum absolute atomic E-state index is 12.7. The number of aliphatic imine (C=N–C) groups is 1. The summed E-state index contributed by atoms with van der Waals surface area (Å²) in [5.74, 6) is 0.645. The summed E-state index contributed by atoms with van der Waals surface area (Å²) in [5.41, 5.74) is 0.783. The van der Waals surface area contributed by atoms with Crippen LogP contribution in [0, 0.1) is 0 Å². The quantitative estimate of drug-likeness (QED) is 0.752. The number of hydrogen-bond donors (Lipinski definition) is 0. The van der Waals surface area contributed by atoms with Crippen molar-refractivity contribution < 1.29 is 9.53 Å². The van der Waals surface area contributed by atoms with Gasteiger partial charge in [0, 0.05) is 22.7 Å². The topological polar surface area (TPSA) is 41.9 Å². The summed E-state index contributed by atoms with van der Waals surface area (Å²) in [6.07, 6.45) is 1.82. The van der Waals surface area contributed by atoms with Gasteiger partial charge in [0.2, 0.25) is 0 Å². The van der Waals surface area contributed by atoms with E-state index in [4.69, 9.17) is 16.3 Å². The maximum atomic E-state index is 12.7. The van der Waals surface area contributed by atoms with Gasteiger partial charge in [0.1, 0.15) is 5.75 Å². The van der Waals surface area contributed by atoms with Crippen LogP contribution in [0.2, 0.25) is 5.02 Å². The standard InChI is InChI=1S/C17H21ClN2O2S/c1-10(2)19-17-20(11(3)4)16(21)15(23-17)9-12-8-13(18)6-7-14(12)22-5/h6-11H,1-5H3/b15-9+,19-17?. The summed E-state index contributed by atoms with van der Waals surface area (Å²) < 4.78 is 5.34. The van der Waals surface area contributed by atoms with Gasteiger partial charge >= 0.3 is 0 Å². The van der Waals surface area contributed by atoms with Crippen molar-refractivity contribution in [3.63, 3.8) is 0 Å². The predicted octanol–water partition coefficient (Wildman–Crippen LogP) is 4.44. The molecule has 0 saturated carbocycles. The van der Waals surface area contributed by atoms with Gasteiger partial charge in [-0.25, -0.2) is 0 Å². The number of nitrogens with zero attached hydrogens (tertiary/aromatic N) is 2. The zero-order valence-corrected chi connectivity index (χ0v) is 15.5. The summed E-state index contributed by atoms with van der Waals surface area (Å²) in [5, 5.41) is 1.34. The molecule has 2 rings (SSSR count). The van der Waals surface area contributed by atoms with Crippen molar-refractivity contribution in [2.75, 3.05) is 7.11 Å². The van der Waals surface area contributed by atoms with E-state index < -0.39 is 0 Å². The second kappa shape index (κ2) is 7.41. The minimum atomic E-state index is -0.0357. The highest BCUT2D eigenvalue weighted by Gasteiger charge is 2.35. The van der Waals surface area contributed by atoms with Gasteiger partial charge in [-0.2, -0.15) is 0 Å². The molecule has 6 heteroatoms. The minimum absolute atomic E-state index is 0.0357. The van der Waals surface area contributed by atoms with Gasteiger partial charge in [0.25, 0.3) is 5.91 Å². The first-order chi connectivity index (χ1) is 10.8. The molecule has 1 amide bonds. The molecule has 0 radical (unpaired) electrons. The molecular formula is C17H21ClN2O2S. The number of amidine groups is 1. The largest absolute Gasteiger partial charge is 0.496 e. The molecular weight excluding hydrogens is 332 g/mol. The molecule has 1 aromatic rings. The van der Waals surface area contributed by atoms with E-state index in [-0.39, 0.29) is 18.0 Å². The number of halogens is 1. The third-order valence-electron chi connectivity index (χ3n) is 3.20. The second-order valence-electron chi connectivity index (χ2n) is 5.77. The Morgan fingerprint density at radius 1 is 1.30 bits per heavy atom. The first-order valence-corrected chi connectivity index (χ1v) is 8.67. The normalized spacial score (nSPS) is 18.8. The SMILES string of the molecule is COc1ccc(Cl)cc1/C=C1/SC(=NC(C)C)N(C(C)C)C1=O. The fraction of sp³-hybridized carbons (Fsp3) is 0.412. The van der Waals surface area contributed by atoms with Gasteiger partial charge in [0.05, 0.1) is 12.0 Å². The molecule has 124 valence electrons. The van der Waals surface area contributed by atoms with Crippen LogP contribution in [-0.2, 0) is 4.79 Å². The van der Waals surface area contributed by atoms with Crippen LogP contribution >= 0.6 is 23.4 Å². The summed E-state index contributed by atoms with van der Waals surface area (Å²) in [6, 6.07) is 5.53. The zero-order valence-electron chi connectivity index (χ0n) is 14.0. The van der Waals surface area contributed by atoms with Crippen LogP contribution < -0.4 is 4.74 Å². The lowest BCUT2D eigenvalue weighted by Gasteiger charge is -2.20. The van der Waals surface area contributed by atoms with E-state index in [1.807, 2.05) is 33.8 Å². The minimum Gasteiger partial charge on any atom is -0.496 e. The molecule has 0 spiro atoms. The van der Waals surface area contributed by atoms with Gasteiger partial charge in [-0.1, -0.05) is 11.6 Å². The number of methoxy groups -OCH3 is 1.